The average molecular weight is 457 g/mol. The number of ether oxygens (including phenoxy) is 1. The van der Waals surface area contributed by atoms with Gasteiger partial charge in [0.25, 0.3) is 10.1 Å². The van der Waals surface area contributed by atoms with Crippen molar-refractivity contribution in [2.75, 3.05) is 0 Å². The molecule has 2 aromatic rings. The second-order valence-corrected chi connectivity index (χ2v) is 9.15. The maximum Gasteiger partial charge on any atom is 1.00 e. The van der Waals surface area contributed by atoms with Gasteiger partial charge in [0.15, 0.2) is 0 Å². The summed E-state index contributed by atoms with van der Waals surface area (Å²) in [6.07, 6.45) is 13.3. The molecule has 1 N–H and O–H groups in total. The SMILES string of the molecule is CCCCCCCCCCCCc1cccc([O-])c1Oc1ccc(S(=O)(=O)O)cc1.[Na+]. The van der Waals surface area contributed by atoms with E-state index in [-0.39, 0.29) is 46.0 Å². The number of unbranched alkanes of at least 4 members (excludes halogenated alkanes) is 9. The maximum absolute atomic E-state index is 12.3. The molecule has 0 aromatic heterocycles. The minimum atomic E-state index is -4.25. The Kier molecular flexibility index (Phi) is 13.5. The van der Waals surface area contributed by atoms with E-state index in [9.17, 15) is 13.5 Å². The van der Waals surface area contributed by atoms with Gasteiger partial charge in [0.05, 0.1) is 4.90 Å². The monoisotopic (exact) mass is 456 g/mol. The Balaban J connectivity index is 0.00000480. The van der Waals surface area contributed by atoms with Gasteiger partial charge in [-0.1, -0.05) is 88.7 Å². The van der Waals surface area contributed by atoms with E-state index in [2.05, 4.69) is 6.92 Å². The molecular formula is C24H33NaO5S. The van der Waals surface area contributed by atoms with Crippen LogP contribution in [0.4, 0.5) is 0 Å². The fourth-order valence-electron chi connectivity index (χ4n) is 3.47. The van der Waals surface area contributed by atoms with Crippen molar-refractivity contribution in [3.8, 4) is 17.2 Å². The molecule has 0 bridgehead atoms. The molecule has 0 fully saturated rings. The summed E-state index contributed by atoms with van der Waals surface area (Å²) in [5, 5.41) is 12.3. The molecule has 7 heteroatoms. The quantitative estimate of drug-likeness (QED) is 0.268. The fourth-order valence-corrected chi connectivity index (χ4v) is 3.95. The first-order valence-electron chi connectivity index (χ1n) is 11.0. The van der Waals surface area contributed by atoms with Gasteiger partial charge < -0.3 is 9.84 Å². The van der Waals surface area contributed by atoms with E-state index < -0.39 is 10.1 Å². The van der Waals surface area contributed by atoms with E-state index >= 15 is 0 Å². The second-order valence-electron chi connectivity index (χ2n) is 7.72. The Bertz CT molecular complexity index is 866. The zero-order chi connectivity index (χ0) is 21.8. The zero-order valence-electron chi connectivity index (χ0n) is 18.8. The summed E-state index contributed by atoms with van der Waals surface area (Å²) in [6, 6.07) is 10.5. The largest absolute Gasteiger partial charge is 1.00 e. The number of aryl methyl sites for hydroxylation is 1. The van der Waals surface area contributed by atoms with Crippen LogP contribution in [-0.2, 0) is 16.5 Å². The smallest absolute Gasteiger partial charge is 0.870 e. The molecule has 0 atom stereocenters. The van der Waals surface area contributed by atoms with Gasteiger partial charge in [0.1, 0.15) is 11.5 Å². The van der Waals surface area contributed by atoms with Crippen LogP contribution in [0.5, 0.6) is 17.2 Å². The third kappa shape index (κ3) is 10.4. The molecule has 2 rings (SSSR count). The van der Waals surface area contributed by atoms with E-state index in [4.69, 9.17) is 9.29 Å². The molecule has 0 aliphatic rings. The first-order chi connectivity index (χ1) is 14.4. The molecule has 5 nitrogen and oxygen atoms in total. The summed E-state index contributed by atoms with van der Waals surface area (Å²) in [4.78, 5) is -0.212. The molecule has 0 spiro atoms. The van der Waals surface area contributed by atoms with Gasteiger partial charge in [-0.05, 0) is 42.7 Å². The van der Waals surface area contributed by atoms with Gasteiger partial charge in [-0.2, -0.15) is 8.42 Å². The van der Waals surface area contributed by atoms with Crippen molar-refractivity contribution in [1.82, 2.24) is 0 Å². The number of hydrogen-bond donors (Lipinski definition) is 1. The Morgan fingerprint density at radius 2 is 1.39 bits per heavy atom. The summed E-state index contributed by atoms with van der Waals surface area (Å²) in [5.41, 5.74) is 0.862. The van der Waals surface area contributed by atoms with Crippen LogP contribution in [0.25, 0.3) is 0 Å². The Hall–Kier alpha value is -1.05. The van der Waals surface area contributed by atoms with Gasteiger partial charge in [0.2, 0.25) is 0 Å². The summed E-state index contributed by atoms with van der Waals surface area (Å²) in [6.45, 7) is 2.23. The first-order valence-corrected chi connectivity index (χ1v) is 12.4. The Labute approximate surface area is 209 Å². The summed E-state index contributed by atoms with van der Waals surface area (Å²) in [5.74, 6) is 0.446. The van der Waals surface area contributed by atoms with Crippen LogP contribution in [0.15, 0.2) is 47.4 Å². The molecule has 2 aromatic carbocycles. The molecule has 0 saturated carbocycles. The van der Waals surface area contributed by atoms with Crippen LogP contribution in [0.1, 0.15) is 76.7 Å². The molecule has 0 aliphatic carbocycles. The molecule has 0 saturated heterocycles. The van der Waals surface area contributed by atoms with Crippen LogP contribution in [0, 0.1) is 0 Å². The van der Waals surface area contributed by atoms with E-state index in [0.717, 1.165) is 24.8 Å². The number of benzene rings is 2. The maximum atomic E-state index is 12.3. The average Bonchev–Trinajstić information content (AvgIpc) is 2.71. The van der Waals surface area contributed by atoms with Crippen LogP contribution < -0.4 is 39.4 Å². The molecule has 0 heterocycles. The minimum Gasteiger partial charge on any atom is -0.870 e. The summed E-state index contributed by atoms with van der Waals surface area (Å²) in [7, 11) is -4.25. The van der Waals surface area contributed by atoms with Crippen LogP contribution in [0.3, 0.4) is 0 Å². The normalized spacial score (nSPS) is 11.2. The van der Waals surface area contributed by atoms with E-state index in [1.807, 2.05) is 6.07 Å². The number of rotatable bonds is 14. The Morgan fingerprint density at radius 1 is 0.839 bits per heavy atom. The third-order valence-corrected chi connectivity index (χ3v) is 6.07. The van der Waals surface area contributed by atoms with Crippen molar-refractivity contribution < 1.29 is 52.4 Å². The van der Waals surface area contributed by atoms with Gasteiger partial charge in [-0.15, -0.1) is 0 Å². The van der Waals surface area contributed by atoms with E-state index in [0.29, 0.717) is 5.75 Å². The molecule has 166 valence electrons. The second kappa shape index (κ2) is 14.9. The van der Waals surface area contributed by atoms with Crippen molar-refractivity contribution in [3.63, 3.8) is 0 Å². The summed E-state index contributed by atoms with van der Waals surface area (Å²) >= 11 is 0. The molecule has 0 aliphatic heterocycles. The van der Waals surface area contributed by atoms with Crippen molar-refractivity contribution in [2.24, 2.45) is 0 Å². The number of hydrogen-bond acceptors (Lipinski definition) is 4. The topological polar surface area (TPSA) is 86.7 Å². The third-order valence-electron chi connectivity index (χ3n) is 5.20. The van der Waals surface area contributed by atoms with Crippen LogP contribution >= 0.6 is 0 Å². The molecule has 31 heavy (non-hydrogen) atoms. The first kappa shape index (κ1) is 28.0. The van der Waals surface area contributed by atoms with Crippen molar-refractivity contribution in [2.45, 2.75) is 82.4 Å². The fraction of sp³-hybridized carbons (Fsp3) is 0.500. The molecule has 0 radical (unpaired) electrons. The number of para-hydroxylation sites is 1. The predicted molar refractivity (Wildman–Crippen MR) is 118 cm³/mol. The van der Waals surface area contributed by atoms with E-state index in [1.165, 1.54) is 81.7 Å². The van der Waals surface area contributed by atoms with E-state index in [1.54, 1.807) is 6.07 Å². The Morgan fingerprint density at radius 3 is 1.94 bits per heavy atom. The van der Waals surface area contributed by atoms with Crippen LogP contribution in [0.2, 0.25) is 0 Å². The van der Waals surface area contributed by atoms with Gasteiger partial charge >= 0.3 is 29.6 Å². The van der Waals surface area contributed by atoms with Crippen molar-refractivity contribution in [1.29, 1.82) is 0 Å². The van der Waals surface area contributed by atoms with Crippen molar-refractivity contribution >= 4 is 10.1 Å². The van der Waals surface area contributed by atoms with Gasteiger partial charge in [0, 0.05) is 0 Å². The van der Waals surface area contributed by atoms with Gasteiger partial charge in [-0.25, -0.2) is 0 Å². The minimum absolute atomic E-state index is 0. The summed E-state index contributed by atoms with van der Waals surface area (Å²) < 4.78 is 37.1. The standard InChI is InChI=1S/C24H34O5S.Na/c1-2-3-4-5-6-7-8-9-10-11-13-20-14-12-15-23(25)24(20)29-21-16-18-22(19-17-21)30(26,27)28;/h12,14-19,25H,2-11,13H2,1H3,(H,26,27,28);/q;+1/p-1. The van der Waals surface area contributed by atoms with Gasteiger partial charge in [-0.3, -0.25) is 4.55 Å². The molecule has 0 unspecified atom stereocenters. The molecular weight excluding hydrogens is 423 g/mol. The molecule has 0 amide bonds. The van der Waals surface area contributed by atoms with Crippen molar-refractivity contribution in [3.05, 3.63) is 48.0 Å². The predicted octanol–water partition coefficient (Wildman–Crippen LogP) is 3.27. The zero-order valence-corrected chi connectivity index (χ0v) is 21.6. The van der Waals surface area contributed by atoms with Crippen LogP contribution in [-0.4, -0.2) is 13.0 Å².